The molecular formula is C23H30F2O2. The van der Waals surface area contributed by atoms with Crippen LogP contribution in [0.5, 0.6) is 0 Å². The molecule has 0 aromatic heterocycles. The first-order valence-electron chi connectivity index (χ1n) is 10.6. The fraction of sp³-hybridized carbons (Fsp3) is 0.652. The largest absolute Gasteiger partial charge is 0.350 e. The minimum absolute atomic E-state index is 0.0584. The Kier molecular flexibility index (Phi) is 6.24. The standard InChI is InChI=1S/C23H30F2O2/c24-21-12-5-17(15-22(21)25)2-1-16-3-6-18(7-4-16)19-8-10-20(11-9-19)23-26-13-14-27-23/h1-2,5,12,15-16,18-20,23H,3-4,6-11,13-14H2. The van der Waals surface area contributed by atoms with Crippen molar-refractivity contribution in [2.45, 2.75) is 57.7 Å². The number of rotatable bonds is 4. The van der Waals surface area contributed by atoms with Crippen LogP contribution in [0.3, 0.4) is 0 Å². The molecule has 1 aromatic carbocycles. The second-order valence-corrected chi connectivity index (χ2v) is 8.49. The van der Waals surface area contributed by atoms with Gasteiger partial charge in [0.2, 0.25) is 0 Å². The summed E-state index contributed by atoms with van der Waals surface area (Å²) >= 11 is 0. The van der Waals surface area contributed by atoms with E-state index in [1.807, 2.05) is 6.08 Å². The van der Waals surface area contributed by atoms with Crippen LogP contribution in [-0.4, -0.2) is 19.5 Å². The highest BCUT2D eigenvalue weighted by Gasteiger charge is 2.34. The maximum atomic E-state index is 13.3. The zero-order chi connectivity index (χ0) is 18.6. The van der Waals surface area contributed by atoms with Gasteiger partial charge in [0.25, 0.3) is 0 Å². The van der Waals surface area contributed by atoms with Crippen LogP contribution in [0.2, 0.25) is 0 Å². The molecule has 0 radical (unpaired) electrons. The molecule has 4 rings (SSSR count). The molecule has 1 saturated heterocycles. The summed E-state index contributed by atoms with van der Waals surface area (Å²) < 4.78 is 37.7. The molecule has 0 amide bonds. The first kappa shape index (κ1) is 19.1. The Hall–Kier alpha value is -1.26. The van der Waals surface area contributed by atoms with E-state index < -0.39 is 11.6 Å². The van der Waals surface area contributed by atoms with Gasteiger partial charge in [-0.25, -0.2) is 8.78 Å². The molecule has 1 aliphatic heterocycles. The lowest BCUT2D eigenvalue weighted by Crippen LogP contribution is -2.30. The Balaban J connectivity index is 1.22. The predicted molar refractivity (Wildman–Crippen MR) is 102 cm³/mol. The Morgan fingerprint density at radius 1 is 0.741 bits per heavy atom. The maximum Gasteiger partial charge on any atom is 0.160 e. The molecular weight excluding hydrogens is 346 g/mol. The summed E-state index contributed by atoms with van der Waals surface area (Å²) in [5.41, 5.74) is 0.741. The third kappa shape index (κ3) is 4.78. The Bertz CT molecular complexity index is 638. The monoisotopic (exact) mass is 376 g/mol. The van der Waals surface area contributed by atoms with Crippen LogP contribution in [0, 0.1) is 35.3 Å². The smallest absolute Gasteiger partial charge is 0.160 e. The molecule has 0 spiro atoms. The van der Waals surface area contributed by atoms with Crippen molar-refractivity contribution >= 4 is 6.08 Å². The average molecular weight is 376 g/mol. The minimum atomic E-state index is -0.784. The van der Waals surface area contributed by atoms with Crippen molar-refractivity contribution < 1.29 is 18.3 Å². The van der Waals surface area contributed by atoms with Crippen LogP contribution in [0.15, 0.2) is 24.3 Å². The molecule has 0 bridgehead atoms. The van der Waals surface area contributed by atoms with Gasteiger partial charge in [-0.3, -0.25) is 0 Å². The van der Waals surface area contributed by atoms with Crippen molar-refractivity contribution in [2.75, 3.05) is 13.2 Å². The van der Waals surface area contributed by atoms with E-state index in [0.29, 0.717) is 11.8 Å². The van der Waals surface area contributed by atoms with Crippen LogP contribution >= 0.6 is 0 Å². The summed E-state index contributed by atoms with van der Waals surface area (Å²) in [7, 11) is 0. The summed E-state index contributed by atoms with van der Waals surface area (Å²) in [4.78, 5) is 0. The van der Waals surface area contributed by atoms with Crippen molar-refractivity contribution in [3.8, 4) is 0 Å². The fourth-order valence-electron chi connectivity index (χ4n) is 5.21. The molecule has 0 N–H and O–H groups in total. The number of allylic oxidation sites excluding steroid dienone is 1. The molecule has 27 heavy (non-hydrogen) atoms. The van der Waals surface area contributed by atoms with Crippen molar-refractivity contribution in [3.05, 3.63) is 41.5 Å². The van der Waals surface area contributed by atoms with Gasteiger partial charge in [-0.05, 0) is 86.8 Å². The van der Waals surface area contributed by atoms with Crippen LogP contribution in [0.25, 0.3) is 6.08 Å². The van der Waals surface area contributed by atoms with Gasteiger partial charge in [-0.1, -0.05) is 18.2 Å². The number of benzene rings is 1. The molecule has 2 aliphatic carbocycles. The highest BCUT2D eigenvalue weighted by Crippen LogP contribution is 2.43. The minimum Gasteiger partial charge on any atom is -0.350 e. The van der Waals surface area contributed by atoms with Gasteiger partial charge in [0, 0.05) is 5.92 Å². The van der Waals surface area contributed by atoms with Crippen molar-refractivity contribution in [2.24, 2.45) is 23.7 Å². The van der Waals surface area contributed by atoms with Gasteiger partial charge < -0.3 is 9.47 Å². The number of hydrogen-bond acceptors (Lipinski definition) is 2. The van der Waals surface area contributed by atoms with E-state index in [9.17, 15) is 8.78 Å². The maximum absolute atomic E-state index is 13.3. The van der Waals surface area contributed by atoms with Crippen molar-refractivity contribution in [1.29, 1.82) is 0 Å². The molecule has 0 atom stereocenters. The van der Waals surface area contributed by atoms with Crippen LogP contribution in [0.1, 0.15) is 56.9 Å². The molecule has 1 heterocycles. The van der Waals surface area contributed by atoms with E-state index in [4.69, 9.17) is 9.47 Å². The second kappa shape index (κ2) is 8.83. The lowest BCUT2D eigenvalue weighted by molar-refractivity contribution is -0.0972. The van der Waals surface area contributed by atoms with Crippen molar-refractivity contribution in [1.82, 2.24) is 0 Å². The molecule has 3 aliphatic rings. The first-order chi connectivity index (χ1) is 13.2. The van der Waals surface area contributed by atoms with E-state index in [2.05, 4.69) is 6.08 Å². The van der Waals surface area contributed by atoms with E-state index in [-0.39, 0.29) is 6.29 Å². The number of halogens is 2. The van der Waals surface area contributed by atoms with Crippen LogP contribution in [0.4, 0.5) is 8.78 Å². The zero-order valence-corrected chi connectivity index (χ0v) is 15.9. The van der Waals surface area contributed by atoms with Gasteiger partial charge in [0.05, 0.1) is 13.2 Å². The fourth-order valence-corrected chi connectivity index (χ4v) is 5.21. The van der Waals surface area contributed by atoms with E-state index in [0.717, 1.165) is 30.6 Å². The SMILES string of the molecule is Fc1ccc(C=CC2CCC(C3CCC(C4OCCO4)CC3)CC2)cc1F. The zero-order valence-electron chi connectivity index (χ0n) is 15.9. The number of hydrogen-bond donors (Lipinski definition) is 0. The lowest BCUT2D eigenvalue weighted by Gasteiger charge is -2.38. The van der Waals surface area contributed by atoms with Gasteiger partial charge in [-0.15, -0.1) is 0 Å². The summed E-state index contributed by atoms with van der Waals surface area (Å²) in [6.45, 7) is 1.51. The highest BCUT2D eigenvalue weighted by molar-refractivity contribution is 5.49. The van der Waals surface area contributed by atoms with Crippen LogP contribution in [-0.2, 0) is 9.47 Å². The predicted octanol–water partition coefficient (Wildman–Crippen LogP) is 5.96. The normalized spacial score (nSPS) is 33.0. The molecule has 3 fully saturated rings. The molecule has 2 saturated carbocycles. The van der Waals surface area contributed by atoms with Gasteiger partial charge in [0.1, 0.15) is 0 Å². The average Bonchev–Trinajstić information content (AvgIpc) is 3.24. The van der Waals surface area contributed by atoms with E-state index in [1.165, 1.54) is 63.5 Å². The Morgan fingerprint density at radius 3 is 1.96 bits per heavy atom. The Labute approximate surface area is 160 Å². The number of ether oxygens (including phenoxy) is 2. The molecule has 2 nitrogen and oxygen atoms in total. The lowest BCUT2D eigenvalue weighted by atomic mass is 9.69. The van der Waals surface area contributed by atoms with Gasteiger partial charge in [-0.2, -0.15) is 0 Å². The van der Waals surface area contributed by atoms with Crippen LogP contribution < -0.4 is 0 Å². The molecule has 4 heteroatoms. The quantitative estimate of drug-likeness (QED) is 0.645. The van der Waals surface area contributed by atoms with Crippen molar-refractivity contribution in [3.63, 3.8) is 0 Å². The van der Waals surface area contributed by atoms with E-state index in [1.54, 1.807) is 6.07 Å². The summed E-state index contributed by atoms with van der Waals surface area (Å²) in [5, 5.41) is 0. The first-order valence-corrected chi connectivity index (χ1v) is 10.6. The van der Waals surface area contributed by atoms with Gasteiger partial charge >= 0.3 is 0 Å². The molecule has 1 aromatic rings. The highest BCUT2D eigenvalue weighted by atomic mass is 19.2. The third-order valence-corrected chi connectivity index (χ3v) is 6.84. The topological polar surface area (TPSA) is 18.5 Å². The summed E-state index contributed by atoms with van der Waals surface area (Å²) in [5.74, 6) is 1.31. The Morgan fingerprint density at radius 2 is 1.33 bits per heavy atom. The second-order valence-electron chi connectivity index (χ2n) is 8.49. The molecule has 148 valence electrons. The van der Waals surface area contributed by atoms with E-state index >= 15 is 0 Å². The third-order valence-electron chi connectivity index (χ3n) is 6.84. The summed E-state index contributed by atoms with van der Waals surface area (Å²) in [6, 6.07) is 4.11. The molecule has 0 unspecified atom stereocenters. The summed E-state index contributed by atoms with van der Waals surface area (Å²) in [6.07, 6.45) is 14.3. The van der Waals surface area contributed by atoms with Gasteiger partial charge in [0.15, 0.2) is 17.9 Å².